The molecule has 182 valence electrons. The second-order valence-electron chi connectivity index (χ2n) is 7.35. The first-order valence-electron chi connectivity index (χ1n) is 10.6. The predicted octanol–water partition coefficient (Wildman–Crippen LogP) is 5.37. The summed E-state index contributed by atoms with van der Waals surface area (Å²) < 4.78 is 5.88. The molecule has 0 bridgehead atoms. The summed E-state index contributed by atoms with van der Waals surface area (Å²) in [4.78, 5) is 24.5. The molecule has 36 heavy (non-hydrogen) atoms. The largest absolute Gasteiger partial charge is 0.488 e. The van der Waals surface area contributed by atoms with Crippen LogP contribution in [-0.4, -0.2) is 28.2 Å². The van der Waals surface area contributed by atoms with E-state index in [1.54, 1.807) is 48.5 Å². The van der Waals surface area contributed by atoms with Crippen LogP contribution < -0.4 is 15.5 Å². The highest BCUT2D eigenvalue weighted by molar-refractivity contribution is 7.15. The summed E-state index contributed by atoms with van der Waals surface area (Å²) in [5, 5.41) is 16.4. The maximum absolute atomic E-state index is 12.3. The number of amides is 2. The van der Waals surface area contributed by atoms with Crippen molar-refractivity contribution in [3.05, 3.63) is 105 Å². The van der Waals surface area contributed by atoms with Crippen LogP contribution in [0.3, 0.4) is 0 Å². The molecule has 2 N–H and O–H groups in total. The average molecular weight is 540 g/mol. The molecule has 0 radical (unpaired) electrons. The molecular formula is C25H19Cl2N5O3S. The molecule has 0 unspecified atom stereocenters. The van der Waals surface area contributed by atoms with Gasteiger partial charge in [-0.15, -0.1) is 10.2 Å². The molecule has 2 amide bonds. The fourth-order valence-corrected chi connectivity index (χ4v) is 4.11. The molecule has 0 saturated heterocycles. The molecule has 11 heteroatoms. The van der Waals surface area contributed by atoms with Gasteiger partial charge in [-0.3, -0.25) is 14.9 Å². The average Bonchev–Trinajstić information content (AvgIpc) is 3.31. The lowest BCUT2D eigenvalue weighted by molar-refractivity contribution is -0.120. The van der Waals surface area contributed by atoms with Gasteiger partial charge in [0.15, 0.2) is 0 Å². The van der Waals surface area contributed by atoms with Gasteiger partial charge in [0.05, 0.1) is 12.6 Å². The van der Waals surface area contributed by atoms with Crippen molar-refractivity contribution in [1.82, 2.24) is 15.6 Å². The van der Waals surface area contributed by atoms with Gasteiger partial charge in [0, 0.05) is 26.7 Å². The van der Waals surface area contributed by atoms with Crippen LogP contribution in [0.2, 0.25) is 10.0 Å². The van der Waals surface area contributed by atoms with E-state index in [1.807, 2.05) is 24.3 Å². The molecule has 8 nitrogen and oxygen atoms in total. The number of rotatable bonds is 9. The minimum absolute atomic E-state index is 0.0539. The van der Waals surface area contributed by atoms with E-state index in [-0.39, 0.29) is 18.9 Å². The van der Waals surface area contributed by atoms with E-state index >= 15 is 0 Å². The number of nitrogens with one attached hydrogen (secondary N) is 2. The Hall–Kier alpha value is -3.79. The summed E-state index contributed by atoms with van der Waals surface area (Å²) in [5.74, 6) is -0.175. The fourth-order valence-electron chi connectivity index (χ4n) is 3.01. The fraction of sp³-hybridized carbons (Fsp3) is 0.0800. The highest BCUT2D eigenvalue weighted by Gasteiger charge is 2.12. The molecule has 0 aliphatic carbocycles. The maximum Gasteiger partial charge on any atom is 0.257 e. The monoisotopic (exact) mass is 539 g/mol. The number of hydrogen-bond donors (Lipinski definition) is 2. The van der Waals surface area contributed by atoms with Gasteiger partial charge in [-0.1, -0.05) is 70.9 Å². The lowest BCUT2D eigenvalue weighted by atomic mass is 10.2. The minimum atomic E-state index is -0.399. The van der Waals surface area contributed by atoms with Gasteiger partial charge < -0.3 is 4.74 Å². The summed E-state index contributed by atoms with van der Waals surface area (Å²) in [7, 11) is 0. The van der Waals surface area contributed by atoms with E-state index < -0.39 is 5.91 Å². The zero-order valence-corrected chi connectivity index (χ0v) is 21.0. The number of anilines is 1. The van der Waals surface area contributed by atoms with E-state index in [9.17, 15) is 9.59 Å². The molecule has 0 saturated carbocycles. The summed E-state index contributed by atoms with van der Waals surface area (Å²) in [6.07, 6.45) is 1.39. The first kappa shape index (κ1) is 25.3. The molecule has 0 atom stereocenters. The Balaban J connectivity index is 1.32. The molecular weight excluding hydrogens is 521 g/mol. The molecule has 3 aromatic carbocycles. The van der Waals surface area contributed by atoms with Crippen molar-refractivity contribution in [3.8, 4) is 5.75 Å². The summed E-state index contributed by atoms with van der Waals surface area (Å²) in [6, 6.07) is 21.2. The van der Waals surface area contributed by atoms with Gasteiger partial charge in [-0.25, -0.2) is 5.43 Å². The molecule has 0 fully saturated rings. The second kappa shape index (κ2) is 12.3. The van der Waals surface area contributed by atoms with E-state index in [0.29, 0.717) is 37.1 Å². The Morgan fingerprint density at radius 3 is 2.58 bits per heavy atom. The van der Waals surface area contributed by atoms with Crippen molar-refractivity contribution in [2.75, 3.05) is 5.32 Å². The zero-order chi connectivity index (χ0) is 25.3. The Morgan fingerprint density at radius 2 is 1.78 bits per heavy atom. The van der Waals surface area contributed by atoms with E-state index in [0.717, 1.165) is 16.9 Å². The Labute approximate surface area is 220 Å². The molecule has 1 heterocycles. The van der Waals surface area contributed by atoms with E-state index in [2.05, 4.69) is 26.0 Å². The van der Waals surface area contributed by atoms with Crippen LogP contribution >= 0.6 is 34.5 Å². The third-order valence-electron chi connectivity index (χ3n) is 4.74. The number of ether oxygens (including phenoxy) is 1. The van der Waals surface area contributed by atoms with Crippen LogP contribution in [0.4, 0.5) is 5.13 Å². The summed E-state index contributed by atoms with van der Waals surface area (Å²) >= 11 is 13.4. The van der Waals surface area contributed by atoms with Crippen LogP contribution in [0, 0.1) is 0 Å². The predicted molar refractivity (Wildman–Crippen MR) is 141 cm³/mol. The number of halogens is 2. The Morgan fingerprint density at radius 1 is 1.00 bits per heavy atom. The number of carbonyl (C=O) groups excluding carboxylic acids is 2. The lowest BCUT2D eigenvalue weighted by Gasteiger charge is -2.10. The third-order valence-corrected chi connectivity index (χ3v) is 6.18. The quantitative estimate of drug-likeness (QED) is 0.219. The van der Waals surface area contributed by atoms with Crippen LogP contribution in [0.1, 0.15) is 26.5 Å². The van der Waals surface area contributed by atoms with E-state index in [4.69, 9.17) is 27.9 Å². The molecule has 0 spiro atoms. The summed E-state index contributed by atoms with van der Waals surface area (Å²) in [5.41, 5.74) is 4.36. The first-order chi connectivity index (χ1) is 17.5. The van der Waals surface area contributed by atoms with Crippen LogP contribution in [-0.2, 0) is 17.8 Å². The summed E-state index contributed by atoms with van der Waals surface area (Å²) in [6.45, 7) is 0.259. The smallest absolute Gasteiger partial charge is 0.257 e. The minimum Gasteiger partial charge on any atom is -0.488 e. The maximum atomic E-state index is 12.3. The normalized spacial score (nSPS) is 10.8. The highest BCUT2D eigenvalue weighted by atomic mass is 35.5. The number of carbonyl (C=O) groups is 2. The number of hydrazone groups is 1. The Bertz CT molecular complexity index is 1400. The standard InChI is InChI=1S/C25H19Cl2N5O3S/c26-19-10-11-21(35-15-17-8-4-5-9-20(17)27)18(12-19)14-28-30-22(33)13-23-31-32-25(36-23)29-24(34)16-6-2-1-3-7-16/h1-12,14H,13,15H2,(H,30,33)(H,29,32,34)/b28-14-. The Kier molecular flexibility index (Phi) is 8.62. The van der Waals surface area contributed by atoms with Crippen molar-refractivity contribution in [1.29, 1.82) is 0 Å². The van der Waals surface area contributed by atoms with Crippen molar-refractivity contribution in [2.45, 2.75) is 13.0 Å². The molecule has 4 aromatic rings. The van der Waals surface area contributed by atoms with E-state index in [1.165, 1.54) is 6.21 Å². The first-order valence-corrected chi connectivity index (χ1v) is 12.2. The van der Waals surface area contributed by atoms with Crippen molar-refractivity contribution < 1.29 is 14.3 Å². The van der Waals surface area contributed by atoms with Gasteiger partial charge in [0.1, 0.15) is 17.4 Å². The second-order valence-corrected chi connectivity index (χ2v) is 9.26. The molecule has 0 aliphatic heterocycles. The van der Waals surface area contributed by atoms with Gasteiger partial charge >= 0.3 is 0 Å². The van der Waals surface area contributed by atoms with Crippen molar-refractivity contribution >= 4 is 57.7 Å². The third kappa shape index (κ3) is 7.11. The number of aromatic nitrogens is 2. The van der Waals surface area contributed by atoms with Gasteiger partial charge in [0.25, 0.3) is 5.91 Å². The van der Waals surface area contributed by atoms with Crippen molar-refractivity contribution in [2.24, 2.45) is 5.10 Å². The zero-order valence-electron chi connectivity index (χ0n) is 18.7. The van der Waals surface area contributed by atoms with Gasteiger partial charge in [-0.2, -0.15) is 5.10 Å². The lowest BCUT2D eigenvalue weighted by Crippen LogP contribution is -2.19. The van der Waals surface area contributed by atoms with Crippen LogP contribution in [0.5, 0.6) is 5.75 Å². The van der Waals surface area contributed by atoms with Gasteiger partial charge in [-0.05, 0) is 36.4 Å². The number of benzene rings is 3. The highest BCUT2D eigenvalue weighted by Crippen LogP contribution is 2.24. The number of hydrogen-bond acceptors (Lipinski definition) is 7. The SMILES string of the molecule is O=C(Cc1nnc(NC(=O)c2ccccc2)s1)N/N=C\c1cc(Cl)ccc1OCc1ccccc1Cl. The van der Waals surface area contributed by atoms with Crippen LogP contribution in [0.25, 0.3) is 0 Å². The van der Waals surface area contributed by atoms with Gasteiger partial charge in [0.2, 0.25) is 11.0 Å². The van der Waals surface area contributed by atoms with Crippen molar-refractivity contribution in [3.63, 3.8) is 0 Å². The topological polar surface area (TPSA) is 106 Å². The van der Waals surface area contributed by atoms with Crippen LogP contribution in [0.15, 0.2) is 77.9 Å². The molecule has 4 rings (SSSR count). The molecule has 0 aliphatic rings. The molecule has 1 aromatic heterocycles. The number of nitrogens with zero attached hydrogens (tertiary/aromatic N) is 3.